The molecule has 0 atom stereocenters. The summed E-state index contributed by atoms with van der Waals surface area (Å²) in [5, 5.41) is 20.8. The molecule has 0 radical (unpaired) electrons. The monoisotopic (exact) mass is 370 g/mol. The van der Waals surface area contributed by atoms with Crippen LogP contribution in [-0.4, -0.2) is 32.0 Å². The molecular formula is C10H14ClCuN3O2S2+2. The van der Waals surface area contributed by atoms with Crippen molar-refractivity contribution in [1.29, 1.82) is 0 Å². The number of halogens is 1. The van der Waals surface area contributed by atoms with Gasteiger partial charge in [-0.3, -0.25) is 4.98 Å². The number of rotatable bonds is 3. The van der Waals surface area contributed by atoms with Gasteiger partial charge in [0.05, 0.1) is 12.2 Å². The molecule has 0 aliphatic heterocycles. The van der Waals surface area contributed by atoms with E-state index in [-0.39, 0.29) is 12.4 Å². The zero-order chi connectivity index (χ0) is 14.8. The van der Waals surface area contributed by atoms with Crippen molar-refractivity contribution in [1.82, 2.24) is 4.98 Å². The number of thiol groups is 1. The first-order chi connectivity index (χ1) is 9.10. The van der Waals surface area contributed by atoms with E-state index in [2.05, 4.69) is 52.9 Å². The average Bonchev–Trinajstić information content (AvgIpc) is 2.45. The minimum absolute atomic E-state index is 0.180. The van der Waals surface area contributed by atoms with E-state index < -0.39 is 0 Å². The second kappa shape index (κ2) is 10.4. The van der Waals surface area contributed by atoms with Gasteiger partial charge in [0.25, 0.3) is 5.75 Å². The molecule has 5 nitrogen and oxygen atoms in total. The summed E-state index contributed by atoms with van der Waals surface area (Å²) in [5.41, 5.74) is 5.49. The topological polar surface area (TPSA) is 82.5 Å². The standard InChI is InChI=1S/C10H13N3O2S2.ClH.Cu/c1-6-9(15)8(7(5-14)3-11-6)4-12-13-10(16)17-2;;/h3-4,14H,5H2,1-2H3,(H2,11,12,13,15,16);1H;/q;;+2. The Labute approximate surface area is 133 Å². The number of nitrogens with zero attached hydrogens (tertiary/aromatic N) is 3. The van der Waals surface area contributed by atoms with Crippen LogP contribution < -0.4 is 0 Å². The third-order valence-electron chi connectivity index (χ3n) is 2.07. The summed E-state index contributed by atoms with van der Waals surface area (Å²) in [5.74, 6) is 0.250. The molecule has 0 aliphatic rings. The fraction of sp³-hybridized carbons (Fsp3) is 0.300. The molecule has 1 heterocycles. The van der Waals surface area contributed by atoms with E-state index in [1.165, 1.54) is 24.2 Å². The first-order valence-corrected chi connectivity index (χ1v) is 7.83. The van der Waals surface area contributed by atoms with Crippen LogP contribution in [0.25, 0.3) is 5.43 Å². The number of thioether (sulfide) groups is 1. The number of aryl methyl sites for hydroxylation is 1. The summed E-state index contributed by atoms with van der Waals surface area (Å²) in [4.78, 5) is 4.01. The maximum atomic E-state index is 9.15. The van der Waals surface area contributed by atoms with E-state index in [1.54, 1.807) is 6.92 Å². The Morgan fingerprint density at radius 3 is 2.89 bits per heavy atom. The molecule has 19 heavy (non-hydrogen) atoms. The van der Waals surface area contributed by atoms with Crippen LogP contribution in [0.15, 0.2) is 11.3 Å². The maximum absolute atomic E-state index is 9.15. The molecule has 0 aliphatic carbocycles. The van der Waals surface area contributed by atoms with Gasteiger partial charge < -0.3 is 20.7 Å². The number of hydrogen-bond acceptors (Lipinski definition) is 4. The zero-order valence-corrected chi connectivity index (χ0v) is 13.6. The molecule has 0 unspecified atom stereocenters. The number of aromatic nitrogens is 1. The van der Waals surface area contributed by atoms with Gasteiger partial charge in [0, 0.05) is 18.0 Å². The van der Waals surface area contributed by atoms with Crippen molar-refractivity contribution in [3.63, 3.8) is 0 Å². The molecule has 1 aromatic rings. The van der Waals surface area contributed by atoms with Crippen molar-refractivity contribution in [2.24, 2.45) is 5.10 Å². The Kier molecular flexibility index (Phi) is 10.2. The number of aliphatic hydroxyl groups is 1. The summed E-state index contributed by atoms with van der Waals surface area (Å²) in [7, 11) is 4.20. The Bertz CT molecular complexity index is 461. The molecule has 3 N–H and O–H groups in total. The van der Waals surface area contributed by atoms with Gasteiger partial charge in [-0.25, -0.2) is 0 Å². The summed E-state index contributed by atoms with van der Waals surface area (Å²) in [6.45, 7) is 1.55. The van der Waals surface area contributed by atoms with Gasteiger partial charge >= 0.3 is 25.2 Å². The molecule has 0 bridgehead atoms. The summed E-state index contributed by atoms with van der Waals surface area (Å²) in [6, 6.07) is 0. The minimum atomic E-state index is -0.180. The number of aliphatic hydroxyl groups excluding tert-OH is 1. The quantitative estimate of drug-likeness (QED) is 0.218. The fourth-order valence-electron chi connectivity index (χ4n) is 1.11. The van der Waals surface area contributed by atoms with Crippen molar-refractivity contribution >= 4 is 44.6 Å². The predicted octanol–water partition coefficient (Wildman–Crippen LogP) is 1.44. The van der Waals surface area contributed by atoms with E-state index in [0.717, 1.165) is 0 Å². The van der Waals surface area contributed by atoms with E-state index in [0.29, 0.717) is 21.1 Å². The van der Waals surface area contributed by atoms with Crippen molar-refractivity contribution in [3.05, 3.63) is 28.4 Å². The van der Waals surface area contributed by atoms with Crippen molar-refractivity contribution in [2.75, 3.05) is 6.26 Å². The molecule has 0 saturated carbocycles. The van der Waals surface area contributed by atoms with Crippen LogP contribution in [-0.2, 0) is 33.9 Å². The van der Waals surface area contributed by atoms with Crippen LogP contribution in [0.5, 0.6) is 5.75 Å². The van der Waals surface area contributed by atoms with Crippen LogP contribution in [0, 0.1) is 6.92 Å². The first-order valence-electron chi connectivity index (χ1n) is 4.86. The molecule has 0 amide bonds. The van der Waals surface area contributed by atoms with Crippen molar-refractivity contribution < 1.29 is 25.3 Å². The second-order valence-corrected chi connectivity index (χ2v) is 4.67. The molecule has 109 valence electrons. The Morgan fingerprint density at radius 1 is 1.74 bits per heavy atom. The third-order valence-corrected chi connectivity index (χ3v) is 3.16. The fourth-order valence-corrected chi connectivity index (χ4v) is 1.29. The molecular weight excluding hydrogens is 357 g/mol. The van der Waals surface area contributed by atoms with Gasteiger partial charge in [0.15, 0.2) is 16.5 Å². The Hall–Kier alpha value is -0.371. The number of hydrogen-bond donors (Lipinski definition) is 1. The van der Waals surface area contributed by atoms with E-state index in [4.69, 9.17) is 10.2 Å². The van der Waals surface area contributed by atoms with Crippen LogP contribution >= 0.6 is 21.9 Å². The zero-order valence-electron chi connectivity index (χ0n) is 10.2. The van der Waals surface area contributed by atoms with Gasteiger partial charge in [-0.05, 0) is 13.2 Å². The molecule has 1 aromatic heterocycles. The SMILES string of the molecule is CSC(=[SH+])[N-]N=Cc1c(CO)cnc(C)c1[OH2+].[Cl][Cu+]. The summed E-state index contributed by atoms with van der Waals surface area (Å²) in [6.07, 6.45) is 4.82. The Morgan fingerprint density at radius 2 is 2.37 bits per heavy atom. The van der Waals surface area contributed by atoms with Gasteiger partial charge in [-0.15, -0.1) is 0 Å². The van der Waals surface area contributed by atoms with Gasteiger partial charge in [-0.2, -0.15) is 0 Å². The Balaban J connectivity index is 0.00000154. The predicted molar refractivity (Wildman–Crippen MR) is 82.0 cm³/mol. The normalized spacial score (nSPS) is 10.0. The molecule has 9 heteroatoms. The van der Waals surface area contributed by atoms with E-state index >= 15 is 0 Å². The van der Waals surface area contributed by atoms with Gasteiger partial charge in [0.2, 0.25) is 0 Å². The van der Waals surface area contributed by atoms with E-state index in [1.807, 2.05) is 6.26 Å². The van der Waals surface area contributed by atoms with E-state index in [9.17, 15) is 0 Å². The number of pyridine rings is 1. The van der Waals surface area contributed by atoms with Gasteiger partial charge in [0.1, 0.15) is 5.69 Å². The molecule has 0 spiro atoms. The van der Waals surface area contributed by atoms with Crippen LogP contribution in [0.2, 0.25) is 0 Å². The van der Waals surface area contributed by atoms with Crippen molar-refractivity contribution in [3.8, 4) is 5.75 Å². The van der Waals surface area contributed by atoms with Crippen LogP contribution in [0.1, 0.15) is 16.8 Å². The molecule has 0 aromatic carbocycles. The van der Waals surface area contributed by atoms with Gasteiger partial charge in [-0.1, -0.05) is 11.8 Å². The average molecular weight is 371 g/mol. The summed E-state index contributed by atoms with van der Waals surface area (Å²) < 4.78 is 0.532. The van der Waals surface area contributed by atoms with Crippen LogP contribution in [0.4, 0.5) is 0 Å². The molecule has 0 saturated heterocycles. The molecule has 1 rings (SSSR count). The second-order valence-electron chi connectivity index (χ2n) is 3.15. The van der Waals surface area contributed by atoms with Crippen LogP contribution in [0.3, 0.4) is 0 Å². The third kappa shape index (κ3) is 6.07. The van der Waals surface area contributed by atoms with Crippen molar-refractivity contribution in [2.45, 2.75) is 13.5 Å². The summed E-state index contributed by atoms with van der Waals surface area (Å²) >= 11 is 9.09. The first kappa shape index (κ1) is 18.6. The molecule has 0 fully saturated rings.